The zero-order valence-electron chi connectivity index (χ0n) is 13.0. The molecule has 0 aromatic heterocycles. The van der Waals surface area contributed by atoms with E-state index < -0.39 is 0 Å². The predicted octanol–water partition coefficient (Wildman–Crippen LogP) is 5.62. The molecule has 0 N–H and O–H groups in total. The second kappa shape index (κ2) is 12.2. The van der Waals surface area contributed by atoms with Crippen LogP contribution < -0.4 is 0 Å². The van der Waals surface area contributed by atoms with Gasteiger partial charge in [0.15, 0.2) is 0 Å². The fourth-order valence-corrected chi connectivity index (χ4v) is 3.62. The minimum Gasteiger partial charge on any atom is -0.303 e. The number of rotatable bonds is 11. The Kier molecular flexibility index (Phi) is 11.2. The molecule has 0 spiro atoms. The van der Waals surface area contributed by atoms with E-state index in [1.807, 2.05) is 0 Å². The number of halogens is 1. The highest BCUT2D eigenvalue weighted by molar-refractivity contribution is 9.09. The van der Waals surface area contributed by atoms with Gasteiger partial charge in [-0.3, -0.25) is 0 Å². The molecule has 0 atom stereocenters. The molecule has 0 bridgehead atoms. The van der Waals surface area contributed by atoms with Crippen molar-refractivity contribution in [2.75, 3.05) is 25.0 Å². The molecule has 1 aliphatic rings. The first-order chi connectivity index (χ1) is 9.36. The summed E-state index contributed by atoms with van der Waals surface area (Å²) in [6.07, 6.45) is 15.7. The monoisotopic (exact) mass is 331 g/mol. The Labute approximate surface area is 129 Å². The van der Waals surface area contributed by atoms with Crippen molar-refractivity contribution < 1.29 is 0 Å². The van der Waals surface area contributed by atoms with Crippen molar-refractivity contribution in [2.24, 2.45) is 5.92 Å². The fraction of sp³-hybridized carbons (Fsp3) is 1.00. The Bertz CT molecular complexity index is 188. The maximum atomic E-state index is 3.50. The van der Waals surface area contributed by atoms with Gasteiger partial charge in [-0.25, -0.2) is 0 Å². The summed E-state index contributed by atoms with van der Waals surface area (Å²) in [4.78, 5) is 2.71. The molecule has 1 rings (SSSR count). The van der Waals surface area contributed by atoms with E-state index in [9.17, 15) is 0 Å². The van der Waals surface area contributed by atoms with Gasteiger partial charge < -0.3 is 4.90 Å². The smallest absolute Gasteiger partial charge is 0.00313 e. The van der Waals surface area contributed by atoms with Gasteiger partial charge in [0, 0.05) is 5.33 Å². The molecule has 0 aromatic rings. The molecule has 2 heteroatoms. The summed E-state index contributed by atoms with van der Waals surface area (Å²) < 4.78 is 0. The topological polar surface area (TPSA) is 3.24 Å². The van der Waals surface area contributed by atoms with Crippen molar-refractivity contribution in [3.05, 3.63) is 0 Å². The molecule has 0 aromatic carbocycles. The Morgan fingerprint density at radius 2 is 1.47 bits per heavy atom. The maximum Gasteiger partial charge on any atom is 0.00313 e. The number of alkyl halides is 1. The summed E-state index contributed by atoms with van der Waals surface area (Å²) in [6, 6.07) is 0. The van der Waals surface area contributed by atoms with Crippen LogP contribution in [-0.4, -0.2) is 29.9 Å². The van der Waals surface area contributed by atoms with E-state index in [0.717, 1.165) is 5.92 Å². The molecule has 1 aliphatic heterocycles. The van der Waals surface area contributed by atoms with Gasteiger partial charge in [0.1, 0.15) is 0 Å². The van der Waals surface area contributed by atoms with Gasteiger partial charge in [-0.2, -0.15) is 0 Å². The fourth-order valence-electron chi connectivity index (χ4n) is 3.22. The van der Waals surface area contributed by atoms with Crippen molar-refractivity contribution in [3.63, 3.8) is 0 Å². The highest BCUT2D eigenvalue weighted by Crippen LogP contribution is 2.21. The van der Waals surface area contributed by atoms with E-state index in [1.54, 1.807) is 0 Å². The first-order valence-electron chi connectivity index (χ1n) is 8.65. The highest BCUT2D eigenvalue weighted by atomic mass is 79.9. The zero-order chi connectivity index (χ0) is 13.8. The number of likely N-dealkylation sites (tertiary alicyclic amines) is 1. The van der Waals surface area contributed by atoms with Crippen LogP contribution in [0.5, 0.6) is 0 Å². The lowest BCUT2D eigenvalue weighted by molar-refractivity contribution is 0.175. The van der Waals surface area contributed by atoms with E-state index in [1.165, 1.54) is 95.6 Å². The largest absolute Gasteiger partial charge is 0.303 e. The third kappa shape index (κ3) is 9.07. The van der Waals surface area contributed by atoms with Gasteiger partial charge in [-0.05, 0) is 51.2 Å². The van der Waals surface area contributed by atoms with Gasteiger partial charge >= 0.3 is 0 Å². The minimum atomic E-state index is 1.04. The molecule has 1 fully saturated rings. The summed E-state index contributed by atoms with van der Waals surface area (Å²) in [7, 11) is 0. The first-order valence-corrected chi connectivity index (χ1v) is 9.77. The molecule has 0 aliphatic carbocycles. The van der Waals surface area contributed by atoms with Crippen molar-refractivity contribution >= 4 is 15.9 Å². The molecular weight excluding hydrogens is 298 g/mol. The van der Waals surface area contributed by atoms with E-state index in [-0.39, 0.29) is 0 Å². The molecule has 0 radical (unpaired) electrons. The van der Waals surface area contributed by atoms with E-state index in [0.29, 0.717) is 0 Å². The van der Waals surface area contributed by atoms with Crippen molar-refractivity contribution in [1.82, 2.24) is 4.90 Å². The molecule has 0 amide bonds. The normalized spacial score (nSPS) is 18.0. The molecule has 1 heterocycles. The van der Waals surface area contributed by atoms with Crippen LogP contribution in [0.1, 0.15) is 77.6 Å². The molecule has 19 heavy (non-hydrogen) atoms. The van der Waals surface area contributed by atoms with Gasteiger partial charge in [0.25, 0.3) is 0 Å². The summed E-state index contributed by atoms with van der Waals surface area (Å²) in [5.74, 6) is 1.04. The van der Waals surface area contributed by atoms with E-state index >= 15 is 0 Å². The second-order valence-electron chi connectivity index (χ2n) is 6.24. The maximum absolute atomic E-state index is 3.50. The van der Waals surface area contributed by atoms with Crippen molar-refractivity contribution in [1.29, 1.82) is 0 Å². The average Bonchev–Trinajstić information content (AvgIpc) is 2.44. The van der Waals surface area contributed by atoms with Gasteiger partial charge in [-0.1, -0.05) is 67.8 Å². The molecular formula is C17H34BrN. The van der Waals surface area contributed by atoms with Crippen molar-refractivity contribution in [2.45, 2.75) is 77.6 Å². The van der Waals surface area contributed by atoms with Crippen LogP contribution in [0, 0.1) is 5.92 Å². The van der Waals surface area contributed by atoms with Gasteiger partial charge in [-0.15, -0.1) is 0 Å². The SMILES string of the molecule is CCCC1CCN(CCCCCCCCCBr)CC1. The lowest BCUT2D eigenvalue weighted by Crippen LogP contribution is -2.34. The summed E-state index contributed by atoms with van der Waals surface area (Å²) in [5, 5.41) is 1.18. The lowest BCUT2D eigenvalue weighted by Gasteiger charge is -2.31. The Balaban J connectivity index is 1.85. The van der Waals surface area contributed by atoms with Crippen LogP contribution in [0.2, 0.25) is 0 Å². The van der Waals surface area contributed by atoms with Gasteiger partial charge in [0.05, 0.1) is 0 Å². The number of hydrogen-bond acceptors (Lipinski definition) is 1. The third-order valence-corrected chi connectivity index (χ3v) is 5.07. The van der Waals surface area contributed by atoms with Crippen LogP contribution in [-0.2, 0) is 0 Å². The lowest BCUT2D eigenvalue weighted by atomic mass is 9.92. The number of piperidine rings is 1. The minimum absolute atomic E-state index is 1.04. The van der Waals surface area contributed by atoms with Gasteiger partial charge in [0.2, 0.25) is 0 Å². The standard InChI is InChI=1S/C17H34BrN/c1-2-10-17-11-15-19(16-12-17)14-9-7-5-3-4-6-8-13-18/h17H,2-16H2,1H3. The molecule has 0 unspecified atom stereocenters. The van der Waals surface area contributed by atoms with Crippen LogP contribution in [0.3, 0.4) is 0 Å². The average molecular weight is 332 g/mol. The zero-order valence-corrected chi connectivity index (χ0v) is 14.6. The molecule has 0 saturated carbocycles. The summed E-state index contributed by atoms with van der Waals surface area (Å²) in [6.45, 7) is 6.43. The molecule has 1 nitrogen and oxygen atoms in total. The number of hydrogen-bond donors (Lipinski definition) is 0. The van der Waals surface area contributed by atoms with E-state index in [2.05, 4.69) is 27.8 Å². The third-order valence-electron chi connectivity index (χ3n) is 4.51. The highest BCUT2D eigenvalue weighted by Gasteiger charge is 2.17. The van der Waals surface area contributed by atoms with Crippen LogP contribution >= 0.6 is 15.9 Å². The van der Waals surface area contributed by atoms with E-state index in [4.69, 9.17) is 0 Å². The summed E-state index contributed by atoms with van der Waals surface area (Å²) in [5.41, 5.74) is 0. The predicted molar refractivity (Wildman–Crippen MR) is 90.2 cm³/mol. The summed E-state index contributed by atoms with van der Waals surface area (Å²) >= 11 is 3.50. The number of nitrogens with zero attached hydrogens (tertiary/aromatic N) is 1. The Morgan fingerprint density at radius 1 is 0.895 bits per heavy atom. The Hall–Kier alpha value is 0.440. The quantitative estimate of drug-likeness (QED) is 0.350. The van der Waals surface area contributed by atoms with Crippen LogP contribution in [0.25, 0.3) is 0 Å². The molecule has 1 saturated heterocycles. The van der Waals surface area contributed by atoms with Crippen LogP contribution in [0.4, 0.5) is 0 Å². The van der Waals surface area contributed by atoms with Crippen molar-refractivity contribution in [3.8, 4) is 0 Å². The second-order valence-corrected chi connectivity index (χ2v) is 7.03. The van der Waals surface area contributed by atoms with Crippen LogP contribution in [0.15, 0.2) is 0 Å². The Morgan fingerprint density at radius 3 is 2.05 bits per heavy atom. The number of unbranched alkanes of at least 4 members (excludes halogenated alkanes) is 6. The molecule has 114 valence electrons. The first kappa shape index (κ1) is 17.5.